The average Bonchev–Trinajstić information content (AvgIpc) is 2.40. The molecule has 0 saturated heterocycles. The van der Waals surface area contributed by atoms with Gasteiger partial charge in [-0.2, -0.15) is 0 Å². The van der Waals surface area contributed by atoms with Crippen LogP contribution in [0.4, 0.5) is 0 Å². The van der Waals surface area contributed by atoms with E-state index in [0.29, 0.717) is 11.6 Å². The second kappa shape index (κ2) is 6.00. The van der Waals surface area contributed by atoms with E-state index in [4.69, 9.17) is 16.7 Å². The quantitative estimate of drug-likeness (QED) is 0.938. The predicted octanol–water partition coefficient (Wildman–Crippen LogP) is 3.57. The molecule has 0 aliphatic heterocycles. The number of aromatic nitrogens is 1. The van der Waals surface area contributed by atoms with Crippen LogP contribution in [0.1, 0.15) is 26.3 Å². The van der Waals surface area contributed by atoms with Crippen molar-refractivity contribution < 1.29 is 9.90 Å². The van der Waals surface area contributed by atoms with Gasteiger partial charge in [-0.1, -0.05) is 17.7 Å². The molecule has 112 valence electrons. The Morgan fingerprint density at radius 2 is 2.05 bits per heavy atom. The van der Waals surface area contributed by atoms with Crippen LogP contribution >= 0.6 is 11.6 Å². The molecular weight excluding hydrogens is 288 g/mol. The maximum absolute atomic E-state index is 11.1. The van der Waals surface area contributed by atoms with Crippen molar-refractivity contribution in [1.82, 2.24) is 9.88 Å². The van der Waals surface area contributed by atoms with Crippen LogP contribution in [0.5, 0.6) is 0 Å². The monoisotopic (exact) mass is 306 g/mol. The van der Waals surface area contributed by atoms with Crippen LogP contribution in [-0.2, 0) is 11.3 Å². The minimum Gasteiger partial charge on any atom is -0.480 e. The molecule has 0 bridgehead atoms. The van der Waals surface area contributed by atoms with Crippen molar-refractivity contribution >= 4 is 28.5 Å². The summed E-state index contributed by atoms with van der Waals surface area (Å²) in [7, 11) is 0. The Morgan fingerprint density at radius 3 is 2.67 bits per heavy atom. The minimum absolute atomic E-state index is 0.0134. The number of rotatable bonds is 4. The summed E-state index contributed by atoms with van der Waals surface area (Å²) >= 11 is 6.19. The highest BCUT2D eigenvalue weighted by Crippen LogP contribution is 2.27. The van der Waals surface area contributed by atoms with E-state index in [1.165, 1.54) is 0 Å². The Balaban J connectivity index is 2.42. The Labute approximate surface area is 129 Å². The number of nitrogens with zero attached hydrogens (tertiary/aromatic N) is 2. The van der Waals surface area contributed by atoms with Gasteiger partial charge in [0, 0.05) is 28.7 Å². The van der Waals surface area contributed by atoms with Gasteiger partial charge in [0.15, 0.2) is 0 Å². The highest BCUT2D eigenvalue weighted by Gasteiger charge is 2.24. The zero-order valence-corrected chi connectivity index (χ0v) is 13.2. The maximum atomic E-state index is 11.1. The summed E-state index contributed by atoms with van der Waals surface area (Å²) in [5, 5.41) is 10.6. The number of pyridine rings is 1. The molecule has 0 aliphatic carbocycles. The van der Waals surface area contributed by atoms with Gasteiger partial charge in [0.1, 0.15) is 0 Å². The third-order valence-electron chi connectivity index (χ3n) is 3.44. The molecule has 1 heterocycles. The van der Waals surface area contributed by atoms with Gasteiger partial charge in [-0.15, -0.1) is 0 Å². The van der Waals surface area contributed by atoms with Crippen molar-refractivity contribution in [3.63, 3.8) is 0 Å². The van der Waals surface area contributed by atoms with Crippen LogP contribution in [-0.4, -0.2) is 33.0 Å². The zero-order valence-electron chi connectivity index (χ0n) is 12.4. The molecular formula is C16H19ClN2O2. The normalized spacial score (nSPS) is 12.0. The Kier molecular flexibility index (Phi) is 4.49. The summed E-state index contributed by atoms with van der Waals surface area (Å²) in [5.74, 6) is -0.837. The summed E-state index contributed by atoms with van der Waals surface area (Å²) in [5.41, 5.74) is 1.55. The number of hydrogen-bond donors (Lipinski definition) is 1. The van der Waals surface area contributed by atoms with E-state index >= 15 is 0 Å². The van der Waals surface area contributed by atoms with E-state index in [1.807, 2.05) is 49.9 Å². The number of aliphatic carboxylic acids is 1. The number of carbonyl (C=O) groups is 1. The molecule has 2 rings (SSSR count). The number of hydrogen-bond acceptors (Lipinski definition) is 3. The summed E-state index contributed by atoms with van der Waals surface area (Å²) in [4.78, 5) is 17.4. The van der Waals surface area contributed by atoms with Crippen molar-refractivity contribution in [3.05, 3.63) is 41.0 Å². The molecule has 4 nitrogen and oxygen atoms in total. The van der Waals surface area contributed by atoms with Gasteiger partial charge >= 0.3 is 5.97 Å². The fraction of sp³-hybridized carbons (Fsp3) is 0.375. The SMILES string of the molecule is CC(C)(C)N(CC(=O)O)Cc1ccc(Cl)c2cccnc12. The number of carboxylic acids is 1. The minimum atomic E-state index is -0.837. The lowest BCUT2D eigenvalue weighted by Gasteiger charge is -2.34. The summed E-state index contributed by atoms with van der Waals surface area (Å²) in [6, 6.07) is 7.52. The fourth-order valence-corrected chi connectivity index (χ4v) is 2.44. The first-order valence-corrected chi connectivity index (χ1v) is 7.16. The first kappa shape index (κ1) is 15.7. The zero-order chi connectivity index (χ0) is 15.6. The first-order chi connectivity index (χ1) is 9.79. The highest BCUT2D eigenvalue weighted by atomic mass is 35.5. The van der Waals surface area contributed by atoms with Gasteiger partial charge in [0.05, 0.1) is 12.1 Å². The Hall–Kier alpha value is -1.65. The number of benzene rings is 1. The number of halogens is 1. The smallest absolute Gasteiger partial charge is 0.317 e. The van der Waals surface area contributed by atoms with E-state index in [9.17, 15) is 4.79 Å². The molecule has 0 atom stereocenters. The summed E-state index contributed by atoms with van der Waals surface area (Å²) in [6.07, 6.45) is 1.72. The van der Waals surface area contributed by atoms with Gasteiger partial charge in [-0.05, 0) is 44.5 Å². The van der Waals surface area contributed by atoms with Crippen LogP contribution in [0, 0.1) is 0 Å². The summed E-state index contributed by atoms with van der Waals surface area (Å²) in [6.45, 7) is 6.51. The van der Waals surface area contributed by atoms with Crippen molar-refractivity contribution in [1.29, 1.82) is 0 Å². The van der Waals surface area contributed by atoms with Gasteiger partial charge in [0.2, 0.25) is 0 Å². The second-order valence-electron chi connectivity index (χ2n) is 6.03. The molecule has 0 unspecified atom stereocenters. The molecule has 21 heavy (non-hydrogen) atoms. The second-order valence-corrected chi connectivity index (χ2v) is 6.43. The molecule has 1 aromatic heterocycles. The van der Waals surface area contributed by atoms with E-state index in [2.05, 4.69) is 4.98 Å². The highest BCUT2D eigenvalue weighted by molar-refractivity contribution is 6.35. The van der Waals surface area contributed by atoms with E-state index < -0.39 is 5.97 Å². The van der Waals surface area contributed by atoms with Crippen LogP contribution in [0.15, 0.2) is 30.5 Å². The van der Waals surface area contributed by atoms with Crippen molar-refractivity contribution in [2.45, 2.75) is 32.9 Å². The lowest BCUT2D eigenvalue weighted by Crippen LogP contribution is -2.43. The number of carboxylic acid groups (broad SMARTS) is 1. The largest absolute Gasteiger partial charge is 0.480 e. The van der Waals surface area contributed by atoms with Crippen molar-refractivity contribution in [2.24, 2.45) is 0 Å². The predicted molar refractivity (Wildman–Crippen MR) is 84.6 cm³/mol. The van der Waals surface area contributed by atoms with Crippen LogP contribution in [0.2, 0.25) is 5.02 Å². The molecule has 0 aliphatic rings. The third-order valence-corrected chi connectivity index (χ3v) is 3.77. The van der Waals surface area contributed by atoms with Gasteiger partial charge in [-0.25, -0.2) is 0 Å². The molecule has 0 fully saturated rings. The molecule has 0 spiro atoms. The Bertz CT molecular complexity index is 665. The van der Waals surface area contributed by atoms with Crippen molar-refractivity contribution in [3.8, 4) is 0 Å². The Morgan fingerprint density at radius 1 is 1.33 bits per heavy atom. The van der Waals surface area contributed by atoms with Gasteiger partial charge in [0.25, 0.3) is 0 Å². The van der Waals surface area contributed by atoms with Crippen LogP contribution in [0.25, 0.3) is 10.9 Å². The van der Waals surface area contributed by atoms with E-state index in [0.717, 1.165) is 16.5 Å². The number of fused-ring (bicyclic) bond motifs is 1. The fourth-order valence-electron chi connectivity index (χ4n) is 2.22. The molecule has 0 saturated carbocycles. The van der Waals surface area contributed by atoms with Gasteiger partial charge < -0.3 is 5.11 Å². The molecule has 2 aromatic rings. The molecule has 1 N–H and O–H groups in total. The molecule has 1 aromatic carbocycles. The standard InChI is InChI=1S/C16H19ClN2O2/c1-16(2,3)19(10-14(20)21)9-11-6-7-13(17)12-5-4-8-18-15(11)12/h4-8H,9-10H2,1-3H3,(H,20,21). The molecule has 5 heteroatoms. The van der Waals surface area contributed by atoms with E-state index in [-0.39, 0.29) is 12.1 Å². The van der Waals surface area contributed by atoms with Crippen LogP contribution < -0.4 is 0 Å². The lowest BCUT2D eigenvalue weighted by molar-refractivity contribution is -0.139. The molecule has 0 radical (unpaired) electrons. The summed E-state index contributed by atoms with van der Waals surface area (Å²) < 4.78 is 0. The third kappa shape index (κ3) is 3.71. The average molecular weight is 307 g/mol. The van der Waals surface area contributed by atoms with E-state index in [1.54, 1.807) is 6.20 Å². The van der Waals surface area contributed by atoms with Crippen molar-refractivity contribution in [2.75, 3.05) is 6.54 Å². The van der Waals surface area contributed by atoms with Crippen LogP contribution in [0.3, 0.4) is 0 Å². The topological polar surface area (TPSA) is 53.4 Å². The van der Waals surface area contributed by atoms with Gasteiger partial charge in [-0.3, -0.25) is 14.7 Å². The lowest BCUT2D eigenvalue weighted by atomic mass is 10.0. The maximum Gasteiger partial charge on any atom is 0.317 e. The molecule has 0 amide bonds. The first-order valence-electron chi connectivity index (χ1n) is 6.78.